The van der Waals surface area contributed by atoms with Gasteiger partial charge in [-0.25, -0.2) is 4.99 Å². The second kappa shape index (κ2) is 8.51. The second-order valence-corrected chi connectivity index (χ2v) is 4.93. The predicted octanol–water partition coefficient (Wildman–Crippen LogP) is 3.05. The van der Waals surface area contributed by atoms with Crippen LogP contribution in [0.1, 0.15) is 26.3 Å². The second-order valence-electron chi connectivity index (χ2n) is 4.93. The van der Waals surface area contributed by atoms with E-state index >= 15 is 0 Å². The van der Waals surface area contributed by atoms with E-state index in [4.69, 9.17) is 4.74 Å². The summed E-state index contributed by atoms with van der Waals surface area (Å²) in [6.07, 6.45) is -4.33. The quantitative estimate of drug-likeness (QED) is 0.481. The number of aliphatic imine (C=N–C) groups is 1. The first-order chi connectivity index (χ1) is 10.3. The van der Waals surface area contributed by atoms with Crippen LogP contribution in [0.2, 0.25) is 0 Å². The van der Waals surface area contributed by atoms with Crippen molar-refractivity contribution in [1.82, 2.24) is 10.6 Å². The van der Waals surface area contributed by atoms with Gasteiger partial charge in [0.15, 0.2) is 5.96 Å². The van der Waals surface area contributed by atoms with Crippen molar-refractivity contribution < 1.29 is 17.9 Å². The third-order valence-corrected chi connectivity index (χ3v) is 2.58. The fraction of sp³-hybridized carbons (Fsp3) is 0.533. The molecule has 0 saturated heterocycles. The molecule has 2 N–H and O–H groups in total. The van der Waals surface area contributed by atoms with Crippen molar-refractivity contribution in [3.8, 4) is 5.75 Å². The first-order valence-corrected chi connectivity index (χ1v) is 7.17. The van der Waals surface area contributed by atoms with E-state index in [2.05, 4.69) is 15.6 Å². The maximum absolute atomic E-state index is 12.4. The van der Waals surface area contributed by atoms with Crippen molar-refractivity contribution in [3.63, 3.8) is 0 Å². The Morgan fingerprint density at radius 3 is 2.36 bits per heavy atom. The van der Waals surface area contributed by atoms with Crippen LogP contribution in [0.25, 0.3) is 0 Å². The van der Waals surface area contributed by atoms with Crippen LogP contribution >= 0.6 is 0 Å². The molecule has 0 unspecified atom stereocenters. The topological polar surface area (TPSA) is 45.7 Å². The van der Waals surface area contributed by atoms with Gasteiger partial charge in [-0.15, -0.1) is 0 Å². The molecule has 0 bridgehead atoms. The lowest BCUT2D eigenvalue weighted by Gasteiger charge is -2.14. The molecule has 0 radical (unpaired) electrons. The predicted molar refractivity (Wildman–Crippen MR) is 81.2 cm³/mol. The van der Waals surface area contributed by atoms with E-state index in [0.717, 1.165) is 18.7 Å². The minimum absolute atomic E-state index is 0.258. The number of benzene rings is 1. The number of rotatable bonds is 6. The van der Waals surface area contributed by atoms with Gasteiger partial charge in [-0.05, 0) is 45.0 Å². The Balaban J connectivity index is 2.46. The molecule has 0 aliphatic rings. The Hall–Kier alpha value is -1.92. The van der Waals surface area contributed by atoms with Gasteiger partial charge in [-0.1, -0.05) is 0 Å². The standard InChI is InChI=1S/C15H22F3N3O/c1-4-19-14(21-11(2)3)20-9-10-22-13-7-5-12(6-8-13)15(16,17)18/h5-8,11H,4,9-10H2,1-3H3,(H2,19,20,21). The van der Waals surface area contributed by atoms with Crippen LogP contribution in [-0.4, -0.2) is 31.7 Å². The summed E-state index contributed by atoms with van der Waals surface area (Å²) in [5.41, 5.74) is -0.687. The van der Waals surface area contributed by atoms with Crippen LogP contribution in [0.15, 0.2) is 29.3 Å². The summed E-state index contributed by atoms with van der Waals surface area (Å²) >= 11 is 0. The van der Waals surface area contributed by atoms with Crippen molar-refractivity contribution in [2.75, 3.05) is 19.7 Å². The van der Waals surface area contributed by atoms with E-state index < -0.39 is 11.7 Å². The summed E-state index contributed by atoms with van der Waals surface area (Å²) in [5, 5.41) is 6.26. The Bertz CT molecular complexity index is 470. The van der Waals surface area contributed by atoms with E-state index in [9.17, 15) is 13.2 Å². The lowest BCUT2D eigenvalue weighted by atomic mass is 10.2. The zero-order valence-corrected chi connectivity index (χ0v) is 13.0. The molecule has 0 heterocycles. The van der Waals surface area contributed by atoms with Gasteiger partial charge < -0.3 is 15.4 Å². The third-order valence-electron chi connectivity index (χ3n) is 2.58. The van der Waals surface area contributed by atoms with E-state index in [1.165, 1.54) is 12.1 Å². The molecule has 0 amide bonds. The van der Waals surface area contributed by atoms with E-state index in [1.807, 2.05) is 20.8 Å². The molecule has 0 fully saturated rings. The van der Waals surface area contributed by atoms with Crippen molar-refractivity contribution in [2.24, 2.45) is 4.99 Å². The summed E-state index contributed by atoms with van der Waals surface area (Å²) in [7, 11) is 0. The van der Waals surface area contributed by atoms with Gasteiger partial charge in [0, 0.05) is 12.6 Å². The minimum atomic E-state index is -4.33. The maximum Gasteiger partial charge on any atom is 0.416 e. The molecule has 0 aliphatic carbocycles. The van der Waals surface area contributed by atoms with E-state index in [1.54, 1.807) is 0 Å². The van der Waals surface area contributed by atoms with Gasteiger partial charge in [0.2, 0.25) is 0 Å². The van der Waals surface area contributed by atoms with Crippen LogP contribution in [0.4, 0.5) is 13.2 Å². The molecule has 4 nitrogen and oxygen atoms in total. The molecule has 1 rings (SSSR count). The highest BCUT2D eigenvalue weighted by molar-refractivity contribution is 5.79. The Morgan fingerprint density at radius 2 is 1.86 bits per heavy atom. The van der Waals surface area contributed by atoms with Crippen LogP contribution in [0.5, 0.6) is 5.75 Å². The molecule has 0 aromatic heterocycles. The number of halogens is 3. The van der Waals surface area contributed by atoms with Crippen LogP contribution < -0.4 is 15.4 Å². The highest BCUT2D eigenvalue weighted by Gasteiger charge is 2.29. The summed E-state index contributed by atoms with van der Waals surface area (Å²) in [5.74, 6) is 1.08. The van der Waals surface area contributed by atoms with Crippen molar-refractivity contribution in [2.45, 2.75) is 33.0 Å². The van der Waals surface area contributed by atoms with Crippen LogP contribution in [-0.2, 0) is 6.18 Å². The van der Waals surface area contributed by atoms with Gasteiger partial charge in [0.05, 0.1) is 12.1 Å². The first-order valence-electron chi connectivity index (χ1n) is 7.17. The SMILES string of the molecule is CCNC(=NCCOc1ccc(C(F)(F)F)cc1)NC(C)C. The van der Waals surface area contributed by atoms with Crippen molar-refractivity contribution >= 4 is 5.96 Å². The van der Waals surface area contributed by atoms with E-state index in [-0.39, 0.29) is 6.04 Å². The number of guanidine groups is 1. The molecule has 0 aliphatic heterocycles. The highest BCUT2D eigenvalue weighted by Crippen LogP contribution is 2.30. The number of hydrogen-bond acceptors (Lipinski definition) is 2. The molecular formula is C15H22F3N3O. The van der Waals surface area contributed by atoms with Crippen molar-refractivity contribution in [1.29, 1.82) is 0 Å². The average molecular weight is 317 g/mol. The third kappa shape index (κ3) is 6.69. The zero-order valence-electron chi connectivity index (χ0n) is 13.0. The molecule has 1 aromatic rings. The summed E-state index contributed by atoms with van der Waals surface area (Å²) in [6.45, 7) is 7.43. The largest absolute Gasteiger partial charge is 0.492 e. The van der Waals surface area contributed by atoms with E-state index in [0.29, 0.717) is 24.9 Å². The molecule has 0 atom stereocenters. The maximum atomic E-state index is 12.4. The van der Waals surface area contributed by atoms with Gasteiger partial charge in [-0.3, -0.25) is 0 Å². The molecule has 22 heavy (non-hydrogen) atoms. The summed E-state index contributed by atoms with van der Waals surface area (Å²) in [4.78, 5) is 4.31. The first kappa shape index (κ1) is 18.1. The molecular weight excluding hydrogens is 295 g/mol. The Labute approximate surface area is 128 Å². The van der Waals surface area contributed by atoms with Gasteiger partial charge in [0.25, 0.3) is 0 Å². The molecule has 1 aromatic carbocycles. The van der Waals surface area contributed by atoms with Gasteiger partial charge >= 0.3 is 6.18 Å². The Morgan fingerprint density at radius 1 is 1.23 bits per heavy atom. The smallest absolute Gasteiger partial charge is 0.416 e. The number of nitrogens with zero attached hydrogens (tertiary/aromatic N) is 1. The summed E-state index contributed by atoms with van der Waals surface area (Å²) in [6, 6.07) is 4.88. The van der Waals surface area contributed by atoms with Crippen LogP contribution in [0, 0.1) is 0 Å². The molecule has 7 heteroatoms. The number of ether oxygens (including phenoxy) is 1. The lowest BCUT2D eigenvalue weighted by Crippen LogP contribution is -2.41. The fourth-order valence-electron chi connectivity index (χ4n) is 1.65. The monoisotopic (exact) mass is 317 g/mol. The summed E-state index contributed by atoms with van der Waals surface area (Å²) < 4.78 is 42.6. The van der Waals surface area contributed by atoms with Gasteiger partial charge in [0.1, 0.15) is 12.4 Å². The molecule has 0 saturated carbocycles. The number of alkyl halides is 3. The minimum Gasteiger partial charge on any atom is -0.492 e. The highest BCUT2D eigenvalue weighted by atomic mass is 19.4. The van der Waals surface area contributed by atoms with Gasteiger partial charge in [-0.2, -0.15) is 13.2 Å². The lowest BCUT2D eigenvalue weighted by molar-refractivity contribution is -0.137. The number of hydrogen-bond donors (Lipinski definition) is 2. The Kier molecular flexibility index (Phi) is 7.01. The average Bonchev–Trinajstić information content (AvgIpc) is 2.42. The molecule has 124 valence electrons. The normalized spacial score (nSPS) is 12.4. The molecule has 0 spiro atoms. The zero-order chi connectivity index (χ0) is 16.6. The number of nitrogens with one attached hydrogen (secondary N) is 2. The fourth-order valence-corrected chi connectivity index (χ4v) is 1.65. The van der Waals surface area contributed by atoms with Crippen molar-refractivity contribution in [3.05, 3.63) is 29.8 Å². The van der Waals surface area contributed by atoms with Crippen LogP contribution in [0.3, 0.4) is 0 Å².